The fourth-order valence-electron chi connectivity index (χ4n) is 3.13. The number of urea groups is 1. The zero-order valence-corrected chi connectivity index (χ0v) is 12.4. The van der Waals surface area contributed by atoms with E-state index in [9.17, 15) is 4.79 Å². The summed E-state index contributed by atoms with van der Waals surface area (Å²) in [6, 6.07) is 7.37. The Balaban J connectivity index is 1.59. The second-order valence-electron chi connectivity index (χ2n) is 6.10. The summed E-state index contributed by atoms with van der Waals surface area (Å²) in [5, 5.41) is 4.48. The number of benzene rings is 1. The van der Waals surface area contributed by atoms with Gasteiger partial charge in [0.1, 0.15) is 0 Å². The summed E-state index contributed by atoms with van der Waals surface area (Å²) in [4.78, 5) is 18.6. The van der Waals surface area contributed by atoms with E-state index in [1.165, 1.54) is 12.8 Å². The highest BCUT2D eigenvalue weighted by Gasteiger charge is 2.48. The van der Waals surface area contributed by atoms with E-state index in [1.807, 2.05) is 23.1 Å². The molecule has 2 fully saturated rings. The third-order valence-electron chi connectivity index (χ3n) is 4.64. The monoisotopic (exact) mass is 301 g/mol. The van der Waals surface area contributed by atoms with Gasteiger partial charge in [-0.3, -0.25) is 4.98 Å². The molecule has 5 heteroatoms. The van der Waals surface area contributed by atoms with E-state index < -0.39 is 0 Å². The van der Waals surface area contributed by atoms with Crippen LogP contribution in [-0.4, -0.2) is 29.0 Å². The molecule has 1 N–H and O–H groups in total. The van der Waals surface area contributed by atoms with Gasteiger partial charge in [-0.05, 0) is 48.9 Å². The lowest BCUT2D eigenvalue weighted by Crippen LogP contribution is -2.33. The SMILES string of the molecule is O=C(Nc1ccc(Cl)c2ncccc12)N1CCC2(CC2)C1. The molecule has 1 aromatic heterocycles. The van der Waals surface area contributed by atoms with Gasteiger partial charge in [0.15, 0.2) is 0 Å². The largest absolute Gasteiger partial charge is 0.324 e. The van der Waals surface area contributed by atoms with Crippen molar-refractivity contribution in [2.45, 2.75) is 19.3 Å². The Morgan fingerprint density at radius 2 is 2.14 bits per heavy atom. The van der Waals surface area contributed by atoms with Gasteiger partial charge in [-0.25, -0.2) is 4.79 Å². The van der Waals surface area contributed by atoms with Crippen LogP contribution in [0.25, 0.3) is 10.9 Å². The van der Waals surface area contributed by atoms with Crippen molar-refractivity contribution in [3.05, 3.63) is 35.5 Å². The number of hydrogen-bond donors (Lipinski definition) is 1. The van der Waals surface area contributed by atoms with Crippen molar-refractivity contribution in [2.75, 3.05) is 18.4 Å². The minimum atomic E-state index is -0.0220. The predicted molar refractivity (Wildman–Crippen MR) is 83.6 cm³/mol. The molecular formula is C16H16ClN3O. The number of anilines is 1. The molecular weight excluding hydrogens is 286 g/mol. The maximum atomic E-state index is 12.4. The van der Waals surface area contributed by atoms with Crippen LogP contribution in [-0.2, 0) is 0 Å². The Morgan fingerprint density at radius 1 is 1.29 bits per heavy atom. The van der Waals surface area contributed by atoms with Gasteiger partial charge in [0.25, 0.3) is 0 Å². The van der Waals surface area contributed by atoms with Crippen LogP contribution in [0.5, 0.6) is 0 Å². The topological polar surface area (TPSA) is 45.2 Å². The van der Waals surface area contributed by atoms with Crippen LogP contribution in [0.3, 0.4) is 0 Å². The first kappa shape index (κ1) is 12.9. The first-order chi connectivity index (χ1) is 10.2. The Kier molecular flexibility index (Phi) is 2.82. The van der Waals surface area contributed by atoms with Crippen LogP contribution in [0.1, 0.15) is 19.3 Å². The molecule has 1 aliphatic heterocycles. The molecule has 4 nitrogen and oxygen atoms in total. The van der Waals surface area contributed by atoms with Crippen molar-refractivity contribution in [1.29, 1.82) is 0 Å². The molecule has 2 aromatic rings. The number of carbonyl (C=O) groups is 1. The van der Waals surface area contributed by atoms with E-state index in [0.717, 1.165) is 36.1 Å². The molecule has 0 atom stereocenters. The van der Waals surface area contributed by atoms with E-state index in [2.05, 4.69) is 10.3 Å². The maximum Gasteiger partial charge on any atom is 0.321 e. The second-order valence-corrected chi connectivity index (χ2v) is 6.50. The number of amides is 2. The summed E-state index contributed by atoms with van der Waals surface area (Å²) in [5.41, 5.74) is 1.93. The Labute approximate surface area is 128 Å². The molecule has 1 spiro atoms. The van der Waals surface area contributed by atoms with Crippen molar-refractivity contribution in [3.8, 4) is 0 Å². The lowest BCUT2D eigenvalue weighted by molar-refractivity contribution is 0.220. The summed E-state index contributed by atoms with van der Waals surface area (Å²) < 4.78 is 0. The quantitative estimate of drug-likeness (QED) is 0.868. The molecule has 1 saturated carbocycles. The number of nitrogens with zero attached hydrogens (tertiary/aromatic N) is 2. The zero-order chi connectivity index (χ0) is 14.4. The van der Waals surface area contributed by atoms with Gasteiger partial charge >= 0.3 is 6.03 Å². The molecule has 0 bridgehead atoms. The smallest absolute Gasteiger partial charge is 0.321 e. The number of likely N-dealkylation sites (tertiary alicyclic amines) is 1. The summed E-state index contributed by atoms with van der Waals surface area (Å²) in [6.07, 6.45) is 5.38. The van der Waals surface area contributed by atoms with Crippen molar-refractivity contribution < 1.29 is 4.79 Å². The first-order valence-corrected chi connectivity index (χ1v) is 7.64. The standard InChI is InChI=1S/C16H16ClN3O/c17-12-3-4-13(11-2-1-8-18-14(11)12)19-15(21)20-9-7-16(10-20)5-6-16/h1-4,8H,5-7,9-10H2,(H,19,21). The number of rotatable bonds is 1. The van der Waals surface area contributed by atoms with Crippen LogP contribution >= 0.6 is 11.6 Å². The average Bonchev–Trinajstić information content (AvgIpc) is 3.11. The Hall–Kier alpha value is -1.81. The number of nitrogens with one attached hydrogen (secondary N) is 1. The lowest BCUT2D eigenvalue weighted by Gasteiger charge is -2.18. The van der Waals surface area contributed by atoms with E-state index in [1.54, 1.807) is 12.3 Å². The highest BCUT2D eigenvalue weighted by atomic mass is 35.5. The molecule has 4 rings (SSSR count). The van der Waals surface area contributed by atoms with Crippen molar-refractivity contribution in [2.24, 2.45) is 5.41 Å². The van der Waals surface area contributed by atoms with Gasteiger partial charge in [-0.15, -0.1) is 0 Å². The summed E-state index contributed by atoms with van der Waals surface area (Å²) in [5.74, 6) is 0. The first-order valence-electron chi connectivity index (χ1n) is 7.26. The van der Waals surface area contributed by atoms with Gasteiger partial charge in [-0.1, -0.05) is 11.6 Å². The van der Waals surface area contributed by atoms with Crippen molar-refractivity contribution in [3.63, 3.8) is 0 Å². The average molecular weight is 302 g/mol. The van der Waals surface area contributed by atoms with Gasteiger partial charge in [0.2, 0.25) is 0 Å². The van der Waals surface area contributed by atoms with Crippen LogP contribution in [0.15, 0.2) is 30.5 Å². The van der Waals surface area contributed by atoms with Gasteiger partial charge in [-0.2, -0.15) is 0 Å². The van der Waals surface area contributed by atoms with Gasteiger partial charge < -0.3 is 10.2 Å². The van der Waals surface area contributed by atoms with Crippen LogP contribution in [0.2, 0.25) is 5.02 Å². The third kappa shape index (κ3) is 2.23. The molecule has 1 aliphatic carbocycles. The lowest BCUT2D eigenvalue weighted by atomic mass is 10.1. The number of hydrogen-bond acceptors (Lipinski definition) is 2. The van der Waals surface area contributed by atoms with Crippen LogP contribution in [0.4, 0.5) is 10.5 Å². The summed E-state index contributed by atoms with van der Waals surface area (Å²) >= 11 is 6.15. The van der Waals surface area contributed by atoms with E-state index in [-0.39, 0.29) is 6.03 Å². The number of fused-ring (bicyclic) bond motifs is 1. The normalized spacial score (nSPS) is 19.2. The van der Waals surface area contributed by atoms with Crippen LogP contribution < -0.4 is 5.32 Å². The number of halogens is 1. The second kappa shape index (κ2) is 4.60. The molecule has 2 heterocycles. The van der Waals surface area contributed by atoms with E-state index >= 15 is 0 Å². The maximum absolute atomic E-state index is 12.4. The minimum Gasteiger partial charge on any atom is -0.324 e. The number of aromatic nitrogens is 1. The molecule has 1 saturated heterocycles. The molecule has 2 aliphatic rings. The number of carbonyl (C=O) groups excluding carboxylic acids is 1. The Morgan fingerprint density at radius 3 is 2.90 bits per heavy atom. The predicted octanol–water partition coefficient (Wildman–Crippen LogP) is 3.91. The molecule has 0 unspecified atom stereocenters. The zero-order valence-electron chi connectivity index (χ0n) is 11.6. The highest BCUT2D eigenvalue weighted by Crippen LogP contribution is 2.52. The van der Waals surface area contributed by atoms with Gasteiger partial charge in [0, 0.05) is 24.7 Å². The molecule has 2 amide bonds. The fourth-order valence-corrected chi connectivity index (χ4v) is 3.35. The third-order valence-corrected chi connectivity index (χ3v) is 4.95. The highest BCUT2D eigenvalue weighted by molar-refractivity contribution is 6.35. The molecule has 21 heavy (non-hydrogen) atoms. The molecule has 1 aromatic carbocycles. The van der Waals surface area contributed by atoms with E-state index in [4.69, 9.17) is 11.6 Å². The Bertz CT molecular complexity index is 727. The molecule has 108 valence electrons. The fraction of sp³-hybridized carbons (Fsp3) is 0.375. The van der Waals surface area contributed by atoms with Crippen LogP contribution in [0, 0.1) is 5.41 Å². The molecule has 0 radical (unpaired) electrons. The van der Waals surface area contributed by atoms with Gasteiger partial charge in [0.05, 0.1) is 16.2 Å². The number of pyridine rings is 1. The van der Waals surface area contributed by atoms with Crippen molar-refractivity contribution in [1.82, 2.24) is 9.88 Å². The van der Waals surface area contributed by atoms with E-state index in [0.29, 0.717) is 10.4 Å². The summed E-state index contributed by atoms with van der Waals surface area (Å²) in [6.45, 7) is 1.75. The minimum absolute atomic E-state index is 0.0220. The summed E-state index contributed by atoms with van der Waals surface area (Å²) in [7, 11) is 0. The van der Waals surface area contributed by atoms with Crippen molar-refractivity contribution >= 4 is 34.2 Å².